The van der Waals surface area contributed by atoms with Gasteiger partial charge in [-0.1, -0.05) is 29.3 Å². The maximum Gasteiger partial charge on any atom is 0.258 e. The van der Waals surface area contributed by atoms with Gasteiger partial charge in [0.2, 0.25) is 10.0 Å². The van der Waals surface area contributed by atoms with E-state index in [0.29, 0.717) is 16.6 Å². The zero-order valence-corrected chi connectivity index (χ0v) is 20.5. The van der Waals surface area contributed by atoms with Crippen LogP contribution in [0.3, 0.4) is 0 Å². The molecule has 0 aliphatic rings. The Morgan fingerprint density at radius 2 is 1.74 bits per heavy atom. The number of ether oxygens (including phenoxy) is 1. The highest BCUT2D eigenvalue weighted by Gasteiger charge is 2.29. The minimum Gasteiger partial charge on any atom is -0.496 e. The Kier molecular flexibility index (Phi) is 7.99. The second-order valence-electron chi connectivity index (χ2n) is 8.02. The minimum absolute atomic E-state index is 0.101. The van der Waals surface area contributed by atoms with Gasteiger partial charge in [0.05, 0.1) is 27.6 Å². The minimum atomic E-state index is -3.99. The van der Waals surface area contributed by atoms with Crippen molar-refractivity contribution in [2.75, 3.05) is 27.7 Å². The molecule has 0 heterocycles. The Balaban J connectivity index is 2.54. The number of rotatable bonds is 8. The Labute approximate surface area is 193 Å². The summed E-state index contributed by atoms with van der Waals surface area (Å²) in [7, 11) is 1.26. The van der Waals surface area contributed by atoms with E-state index in [1.165, 1.54) is 25.3 Å². The van der Waals surface area contributed by atoms with Gasteiger partial charge in [-0.25, -0.2) is 13.6 Å². The number of hydrogen-bond acceptors (Lipinski definition) is 5. The molecule has 2 aromatic carbocycles. The number of methoxy groups -OCH3 is 1. The molecule has 0 saturated heterocycles. The van der Waals surface area contributed by atoms with Crippen molar-refractivity contribution in [2.45, 2.75) is 30.8 Å². The summed E-state index contributed by atoms with van der Waals surface area (Å²) in [4.78, 5) is 17.0. The number of nitrogens with zero attached hydrogens (tertiary/aromatic N) is 2. The quantitative estimate of drug-likeness (QED) is 0.613. The van der Waals surface area contributed by atoms with E-state index in [4.69, 9.17) is 33.1 Å². The number of nitrogens with two attached hydrogens (primary N) is 1. The van der Waals surface area contributed by atoms with E-state index >= 15 is 0 Å². The van der Waals surface area contributed by atoms with E-state index in [9.17, 15) is 13.2 Å². The van der Waals surface area contributed by atoms with Crippen LogP contribution in [0.1, 0.15) is 29.8 Å². The largest absolute Gasteiger partial charge is 0.496 e. The molecule has 0 fully saturated rings. The first-order valence-corrected chi connectivity index (χ1v) is 11.7. The number of carbonyl (C=O) groups is 1. The van der Waals surface area contributed by atoms with Crippen LogP contribution in [0.5, 0.6) is 5.75 Å². The lowest BCUT2D eigenvalue weighted by Crippen LogP contribution is -2.49. The molecule has 2 rings (SSSR count). The first kappa shape index (κ1) is 25.4. The third kappa shape index (κ3) is 6.33. The van der Waals surface area contributed by atoms with Crippen molar-refractivity contribution in [3.05, 3.63) is 57.6 Å². The van der Waals surface area contributed by atoms with Crippen molar-refractivity contribution in [1.82, 2.24) is 9.80 Å². The zero-order chi connectivity index (χ0) is 23.6. The lowest BCUT2D eigenvalue weighted by Gasteiger charge is -2.38. The highest BCUT2D eigenvalue weighted by Crippen LogP contribution is 2.27. The van der Waals surface area contributed by atoms with Crippen molar-refractivity contribution >= 4 is 39.1 Å². The highest BCUT2D eigenvalue weighted by molar-refractivity contribution is 7.89. The van der Waals surface area contributed by atoms with E-state index in [-0.39, 0.29) is 28.3 Å². The SMILES string of the molecule is COc1ccc(S(N)(=O)=O)cc1C(=O)N(Cc1ccc(Cl)c(Cl)c1)CC(C)(C)N(C)C. The molecule has 0 spiro atoms. The van der Waals surface area contributed by atoms with Crippen LogP contribution in [0.2, 0.25) is 10.0 Å². The maximum atomic E-state index is 13.6. The third-order valence-corrected chi connectivity index (χ3v) is 6.81. The van der Waals surface area contributed by atoms with E-state index in [1.54, 1.807) is 23.1 Å². The molecule has 31 heavy (non-hydrogen) atoms. The van der Waals surface area contributed by atoms with E-state index in [2.05, 4.69) is 0 Å². The van der Waals surface area contributed by atoms with E-state index < -0.39 is 15.9 Å². The Morgan fingerprint density at radius 1 is 1.10 bits per heavy atom. The van der Waals surface area contributed by atoms with Crippen LogP contribution in [0.4, 0.5) is 0 Å². The predicted octanol–water partition coefficient (Wildman–Crippen LogP) is 3.63. The van der Waals surface area contributed by atoms with E-state index in [0.717, 1.165) is 5.56 Å². The fraction of sp³-hybridized carbons (Fsp3) is 0.381. The molecule has 0 atom stereocenters. The van der Waals surface area contributed by atoms with Crippen molar-refractivity contribution in [3.63, 3.8) is 0 Å². The van der Waals surface area contributed by atoms with Gasteiger partial charge in [0.25, 0.3) is 5.91 Å². The molecule has 7 nitrogen and oxygen atoms in total. The fourth-order valence-electron chi connectivity index (χ4n) is 2.87. The fourth-order valence-corrected chi connectivity index (χ4v) is 3.73. The number of likely N-dealkylation sites (N-methyl/N-ethyl adjacent to an activating group) is 1. The molecular formula is C21H27Cl2N3O4S. The molecule has 10 heteroatoms. The molecule has 0 aliphatic carbocycles. The first-order valence-electron chi connectivity index (χ1n) is 9.37. The Morgan fingerprint density at radius 3 is 2.26 bits per heavy atom. The lowest BCUT2D eigenvalue weighted by molar-refractivity contribution is 0.0605. The second-order valence-corrected chi connectivity index (χ2v) is 10.4. The molecule has 0 saturated carbocycles. The van der Waals surface area contributed by atoms with Crippen LogP contribution in [0, 0.1) is 0 Å². The topological polar surface area (TPSA) is 92.9 Å². The van der Waals surface area contributed by atoms with Gasteiger partial charge in [-0.15, -0.1) is 0 Å². The van der Waals surface area contributed by atoms with Crippen LogP contribution >= 0.6 is 23.2 Å². The molecule has 1 amide bonds. The number of primary sulfonamides is 1. The van der Waals surface area contributed by atoms with Gasteiger partial charge in [0, 0.05) is 18.6 Å². The van der Waals surface area contributed by atoms with Crippen molar-refractivity contribution in [1.29, 1.82) is 0 Å². The Hall–Kier alpha value is -1.84. The van der Waals surface area contributed by atoms with Crippen LogP contribution < -0.4 is 9.88 Å². The molecule has 170 valence electrons. The summed E-state index contributed by atoms with van der Waals surface area (Å²) in [5.74, 6) is -0.150. The number of amides is 1. The zero-order valence-electron chi connectivity index (χ0n) is 18.1. The lowest BCUT2D eigenvalue weighted by atomic mass is 10.0. The summed E-state index contributed by atoms with van der Waals surface area (Å²) >= 11 is 12.2. The molecule has 0 aromatic heterocycles. The molecular weight excluding hydrogens is 461 g/mol. The number of hydrogen-bond donors (Lipinski definition) is 1. The average Bonchev–Trinajstić information content (AvgIpc) is 2.68. The maximum absolute atomic E-state index is 13.6. The van der Waals surface area contributed by atoms with Crippen molar-refractivity contribution < 1.29 is 17.9 Å². The summed E-state index contributed by atoms with van der Waals surface area (Å²) in [6, 6.07) is 9.11. The molecule has 0 radical (unpaired) electrons. The smallest absolute Gasteiger partial charge is 0.258 e. The molecule has 0 unspecified atom stereocenters. The van der Waals surface area contributed by atoms with Crippen LogP contribution in [0.15, 0.2) is 41.3 Å². The van der Waals surface area contributed by atoms with Gasteiger partial charge >= 0.3 is 0 Å². The summed E-state index contributed by atoms with van der Waals surface area (Å²) < 4.78 is 29.0. The predicted molar refractivity (Wildman–Crippen MR) is 123 cm³/mol. The van der Waals surface area contributed by atoms with Gasteiger partial charge in [-0.2, -0.15) is 0 Å². The van der Waals surface area contributed by atoms with Crippen LogP contribution in [-0.4, -0.2) is 57.4 Å². The number of halogens is 2. The first-order chi connectivity index (χ1) is 14.3. The van der Waals surface area contributed by atoms with Crippen LogP contribution in [-0.2, 0) is 16.6 Å². The molecule has 2 aromatic rings. The monoisotopic (exact) mass is 487 g/mol. The van der Waals surface area contributed by atoms with Crippen molar-refractivity contribution in [2.24, 2.45) is 5.14 Å². The third-order valence-electron chi connectivity index (χ3n) is 5.16. The van der Waals surface area contributed by atoms with Gasteiger partial charge in [0.15, 0.2) is 0 Å². The molecule has 0 bridgehead atoms. The standard InChI is InChI=1S/C21H27Cl2N3O4S/c1-21(2,25(3)4)13-26(12-14-6-8-17(22)18(23)10-14)20(27)16-11-15(31(24,28)29)7-9-19(16)30-5/h6-11H,12-13H2,1-5H3,(H2,24,28,29). The summed E-state index contributed by atoms with van der Waals surface area (Å²) in [5.41, 5.74) is 0.499. The van der Waals surface area contributed by atoms with Gasteiger partial charge in [-0.3, -0.25) is 4.79 Å². The number of sulfonamides is 1. The average molecular weight is 488 g/mol. The number of benzene rings is 2. The van der Waals surface area contributed by atoms with Gasteiger partial charge in [0.1, 0.15) is 5.75 Å². The molecule has 2 N–H and O–H groups in total. The highest BCUT2D eigenvalue weighted by atomic mass is 35.5. The van der Waals surface area contributed by atoms with E-state index in [1.807, 2.05) is 32.8 Å². The number of carbonyl (C=O) groups excluding carboxylic acids is 1. The van der Waals surface area contributed by atoms with Gasteiger partial charge < -0.3 is 14.5 Å². The summed E-state index contributed by atoms with van der Waals surface area (Å²) in [6.45, 7) is 4.58. The Bertz CT molecular complexity index is 1070. The van der Waals surface area contributed by atoms with Crippen LogP contribution in [0.25, 0.3) is 0 Å². The summed E-state index contributed by atoms with van der Waals surface area (Å²) in [6.07, 6.45) is 0. The second kappa shape index (κ2) is 9.75. The normalized spacial score (nSPS) is 12.2. The summed E-state index contributed by atoms with van der Waals surface area (Å²) in [5, 5.41) is 6.06. The van der Waals surface area contributed by atoms with Gasteiger partial charge in [-0.05, 0) is 63.8 Å². The molecule has 0 aliphatic heterocycles. The van der Waals surface area contributed by atoms with Crippen molar-refractivity contribution in [3.8, 4) is 5.75 Å².